The van der Waals surface area contributed by atoms with Crippen molar-refractivity contribution >= 4 is 0 Å². The van der Waals surface area contributed by atoms with Crippen molar-refractivity contribution in [2.75, 3.05) is 6.61 Å². The summed E-state index contributed by atoms with van der Waals surface area (Å²) in [6.45, 7) is 0.809. The van der Waals surface area contributed by atoms with Gasteiger partial charge in [0.05, 0.1) is 23.4 Å². The average molecular weight is 188 g/mol. The molecule has 0 unspecified atom stereocenters. The highest BCUT2D eigenvalue weighted by Gasteiger charge is 2.17. The Morgan fingerprint density at radius 3 is 3.14 bits per heavy atom. The largest absolute Gasteiger partial charge is 0.372 e. The average Bonchev–Trinajstić information content (AvgIpc) is 2.30. The fourth-order valence-electron chi connectivity index (χ4n) is 1.67. The predicted octanol–water partition coefficient (Wildman–Crippen LogP) is 2.19. The maximum Gasteiger partial charge on any atom is 0.0995 e. The van der Waals surface area contributed by atoms with Crippen molar-refractivity contribution in [3.05, 3.63) is 29.6 Å². The van der Waals surface area contributed by atoms with Crippen LogP contribution in [0.4, 0.5) is 0 Å². The van der Waals surface area contributed by atoms with Gasteiger partial charge in [0.2, 0.25) is 0 Å². The molecule has 0 aromatic carbocycles. The lowest BCUT2D eigenvalue weighted by molar-refractivity contribution is 0.0123. The second-order valence-electron chi connectivity index (χ2n) is 3.44. The van der Waals surface area contributed by atoms with Gasteiger partial charge in [0.15, 0.2) is 0 Å². The van der Waals surface area contributed by atoms with E-state index in [4.69, 9.17) is 10.00 Å². The van der Waals surface area contributed by atoms with E-state index < -0.39 is 0 Å². The van der Waals surface area contributed by atoms with Crippen LogP contribution in [0, 0.1) is 11.3 Å². The van der Waals surface area contributed by atoms with Gasteiger partial charge >= 0.3 is 0 Å². The van der Waals surface area contributed by atoms with Gasteiger partial charge in [-0.25, -0.2) is 0 Å². The quantitative estimate of drug-likeness (QED) is 0.678. The Morgan fingerprint density at radius 2 is 2.43 bits per heavy atom. The van der Waals surface area contributed by atoms with Crippen LogP contribution in [0.5, 0.6) is 0 Å². The molecule has 0 bridgehead atoms. The molecular formula is C11H12N2O. The number of nitrogens with zero attached hydrogens (tertiary/aromatic N) is 2. The molecule has 1 fully saturated rings. The Bertz CT molecular complexity index is 351. The van der Waals surface area contributed by atoms with E-state index in [0.717, 1.165) is 25.1 Å². The molecule has 1 atom stereocenters. The van der Waals surface area contributed by atoms with Gasteiger partial charge in [-0.15, -0.1) is 0 Å². The van der Waals surface area contributed by atoms with Gasteiger partial charge in [0.25, 0.3) is 0 Å². The fraction of sp³-hybridized carbons (Fsp3) is 0.455. The van der Waals surface area contributed by atoms with Crippen LogP contribution in [0.3, 0.4) is 0 Å². The van der Waals surface area contributed by atoms with Crippen LogP contribution < -0.4 is 0 Å². The first kappa shape index (κ1) is 9.17. The van der Waals surface area contributed by atoms with Crippen molar-refractivity contribution in [1.29, 1.82) is 5.26 Å². The number of hydrogen-bond acceptors (Lipinski definition) is 3. The number of rotatable bonds is 1. The van der Waals surface area contributed by atoms with E-state index in [9.17, 15) is 0 Å². The zero-order valence-electron chi connectivity index (χ0n) is 7.94. The number of hydrogen-bond donors (Lipinski definition) is 0. The monoisotopic (exact) mass is 188 g/mol. The Kier molecular flexibility index (Phi) is 2.76. The lowest BCUT2D eigenvalue weighted by atomic mass is 10.0. The second kappa shape index (κ2) is 4.21. The van der Waals surface area contributed by atoms with E-state index in [2.05, 4.69) is 11.1 Å². The molecule has 0 N–H and O–H groups in total. The zero-order chi connectivity index (χ0) is 9.80. The summed E-state index contributed by atoms with van der Waals surface area (Å²) in [4.78, 5) is 4.23. The normalized spacial score (nSPS) is 21.5. The van der Waals surface area contributed by atoms with Crippen molar-refractivity contribution in [3.8, 4) is 6.07 Å². The summed E-state index contributed by atoms with van der Waals surface area (Å²) < 4.78 is 5.59. The van der Waals surface area contributed by atoms with Crippen LogP contribution in [0.15, 0.2) is 18.3 Å². The van der Waals surface area contributed by atoms with Gasteiger partial charge in [-0.2, -0.15) is 5.26 Å². The van der Waals surface area contributed by atoms with Crippen molar-refractivity contribution in [3.63, 3.8) is 0 Å². The van der Waals surface area contributed by atoms with E-state index in [1.54, 1.807) is 12.3 Å². The highest BCUT2D eigenvalue weighted by molar-refractivity contribution is 5.29. The van der Waals surface area contributed by atoms with Gasteiger partial charge in [-0.05, 0) is 31.4 Å². The van der Waals surface area contributed by atoms with Gasteiger partial charge in [0, 0.05) is 12.8 Å². The molecule has 1 aromatic rings. The molecule has 1 aliphatic heterocycles. The maximum atomic E-state index is 8.74. The lowest BCUT2D eigenvalue weighted by Gasteiger charge is -2.21. The van der Waals surface area contributed by atoms with Crippen LogP contribution in [-0.4, -0.2) is 11.6 Å². The molecule has 0 spiro atoms. The molecule has 0 saturated carbocycles. The molecule has 3 heteroatoms. The van der Waals surface area contributed by atoms with E-state index in [1.807, 2.05) is 6.07 Å². The third-order valence-electron chi connectivity index (χ3n) is 2.42. The van der Waals surface area contributed by atoms with Crippen molar-refractivity contribution in [1.82, 2.24) is 4.98 Å². The Labute approximate surface area is 83.3 Å². The molecule has 0 amide bonds. The molecule has 14 heavy (non-hydrogen) atoms. The molecule has 0 radical (unpaired) electrons. The Morgan fingerprint density at radius 1 is 1.50 bits per heavy atom. The first-order valence-electron chi connectivity index (χ1n) is 4.88. The van der Waals surface area contributed by atoms with E-state index in [0.29, 0.717) is 5.56 Å². The predicted molar refractivity (Wildman–Crippen MR) is 51.5 cm³/mol. The number of aromatic nitrogens is 1. The van der Waals surface area contributed by atoms with Crippen LogP contribution in [0.2, 0.25) is 0 Å². The van der Waals surface area contributed by atoms with Gasteiger partial charge in [-0.1, -0.05) is 0 Å². The molecule has 3 nitrogen and oxygen atoms in total. The number of pyridine rings is 1. The Balaban J connectivity index is 2.18. The van der Waals surface area contributed by atoms with Crippen molar-refractivity contribution < 1.29 is 4.74 Å². The lowest BCUT2D eigenvalue weighted by Crippen LogP contribution is -2.12. The smallest absolute Gasteiger partial charge is 0.0995 e. The third-order valence-corrected chi connectivity index (χ3v) is 2.42. The SMILES string of the molecule is N#Cc1ccnc([C@@H]2CCCCO2)c1. The van der Waals surface area contributed by atoms with E-state index in [1.165, 1.54) is 6.42 Å². The zero-order valence-corrected chi connectivity index (χ0v) is 7.94. The fourth-order valence-corrected chi connectivity index (χ4v) is 1.67. The molecule has 1 saturated heterocycles. The van der Waals surface area contributed by atoms with Crippen LogP contribution in [0.25, 0.3) is 0 Å². The minimum atomic E-state index is 0.0945. The van der Waals surface area contributed by atoms with E-state index in [-0.39, 0.29) is 6.10 Å². The first-order chi connectivity index (χ1) is 6.90. The van der Waals surface area contributed by atoms with Gasteiger partial charge in [-0.3, -0.25) is 4.98 Å². The van der Waals surface area contributed by atoms with Crippen molar-refractivity contribution in [2.45, 2.75) is 25.4 Å². The minimum Gasteiger partial charge on any atom is -0.372 e. The maximum absolute atomic E-state index is 8.74. The van der Waals surface area contributed by atoms with Crippen molar-refractivity contribution in [2.24, 2.45) is 0 Å². The molecule has 72 valence electrons. The molecule has 1 aromatic heterocycles. The number of ether oxygens (including phenoxy) is 1. The summed E-state index contributed by atoms with van der Waals surface area (Å²) in [5, 5.41) is 8.74. The van der Waals surface area contributed by atoms with Crippen LogP contribution in [0.1, 0.15) is 36.6 Å². The highest BCUT2D eigenvalue weighted by Crippen LogP contribution is 2.26. The summed E-state index contributed by atoms with van der Waals surface area (Å²) in [5.74, 6) is 0. The summed E-state index contributed by atoms with van der Waals surface area (Å²) in [5.41, 5.74) is 1.55. The minimum absolute atomic E-state index is 0.0945. The highest BCUT2D eigenvalue weighted by atomic mass is 16.5. The summed E-state index contributed by atoms with van der Waals surface area (Å²) in [6.07, 6.45) is 5.10. The van der Waals surface area contributed by atoms with Gasteiger partial charge < -0.3 is 4.74 Å². The number of nitriles is 1. The molecular weight excluding hydrogens is 176 g/mol. The summed E-state index contributed by atoms with van der Waals surface area (Å²) >= 11 is 0. The van der Waals surface area contributed by atoms with Gasteiger partial charge in [0.1, 0.15) is 0 Å². The molecule has 2 heterocycles. The first-order valence-corrected chi connectivity index (χ1v) is 4.88. The summed E-state index contributed by atoms with van der Waals surface area (Å²) in [7, 11) is 0. The topological polar surface area (TPSA) is 45.9 Å². The van der Waals surface area contributed by atoms with Crippen LogP contribution in [-0.2, 0) is 4.74 Å². The second-order valence-corrected chi connectivity index (χ2v) is 3.44. The molecule has 1 aliphatic rings. The van der Waals surface area contributed by atoms with E-state index >= 15 is 0 Å². The Hall–Kier alpha value is -1.40. The third kappa shape index (κ3) is 1.91. The molecule has 2 rings (SSSR count). The standard InChI is InChI=1S/C11H12N2O/c12-8-9-4-5-13-10(7-9)11-3-1-2-6-14-11/h4-5,7,11H,1-3,6H2/t11-/m0/s1. The summed E-state index contributed by atoms with van der Waals surface area (Å²) in [6, 6.07) is 5.64. The molecule has 0 aliphatic carbocycles. The van der Waals surface area contributed by atoms with Crippen LogP contribution >= 0.6 is 0 Å².